The minimum Gasteiger partial charge on any atom is -0.427 e. The van der Waals surface area contributed by atoms with E-state index in [9.17, 15) is 48.3 Å². The molecule has 0 fully saturated rings. The number of ether oxygens (including phenoxy) is 1. The number of anilines is 2. The monoisotopic (exact) mass is 404 g/mol. The summed E-state index contributed by atoms with van der Waals surface area (Å²) in [5.74, 6) is -26.7. The van der Waals surface area contributed by atoms with Crippen molar-refractivity contribution in [3.05, 3.63) is 30.0 Å². The maximum atomic E-state index is 13.4. The van der Waals surface area contributed by atoms with Gasteiger partial charge in [-0.25, -0.2) is 0 Å². The van der Waals surface area contributed by atoms with Crippen molar-refractivity contribution in [2.24, 2.45) is 0 Å². The average molecular weight is 404 g/mol. The first-order valence-electron chi connectivity index (χ1n) is 6.05. The molecule has 0 aliphatic carbocycles. The lowest BCUT2D eigenvalue weighted by atomic mass is 10.0. The van der Waals surface area contributed by atoms with Crippen LogP contribution in [0.4, 0.5) is 59.7 Å². The standard InChI is InChI=1S/C12H7F11N2O/c13-7(8(14)26-6-3-4(24)1-2-5(6)25)9(15,16)10(17,18)11(19,20)12(21,22)23/h1-3H,24-25H2. The molecule has 1 rings (SSSR count). The highest BCUT2D eigenvalue weighted by molar-refractivity contribution is 5.60. The number of nitrogen functional groups attached to an aromatic ring is 2. The molecular weight excluding hydrogens is 397 g/mol. The fourth-order valence-electron chi connectivity index (χ4n) is 1.42. The molecule has 1 aromatic rings. The maximum absolute atomic E-state index is 13.4. The second kappa shape index (κ2) is 6.39. The molecular formula is C12H7F11N2O. The molecule has 0 aliphatic heterocycles. The third kappa shape index (κ3) is 3.44. The van der Waals surface area contributed by atoms with Gasteiger partial charge in [0.05, 0.1) is 5.69 Å². The van der Waals surface area contributed by atoms with E-state index < -0.39 is 47.2 Å². The minimum absolute atomic E-state index is 0.247. The normalized spacial score (nSPS) is 14.9. The van der Waals surface area contributed by atoms with E-state index in [0.717, 1.165) is 12.1 Å². The predicted molar refractivity (Wildman–Crippen MR) is 66.0 cm³/mol. The van der Waals surface area contributed by atoms with Gasteiger partial charge in [0.1, 0.15) is 0 Å². The van der Waals surface area contributed by atoms with Crippen molar-refractivity contribution in [3.8, 4) is 5.75 Å². The van der Waals surface area contributed by atoms with Gasteiger partial charge in [-0.15, -0.1) is 0 Å². The number of hydrogen-bond donors (Lipinski definition) is 2. The van der Waals surface area contributed by atoms with Crippen LogP contribution >= 0.6 is 0 Å². The van der Waals surface area contributed by atoms with Crippen LogP contribution in [-0.2, 0) is 0 Å². The van der Waals surface area contributed by atoms with Crippen molar-refractivity contribution in [1.82, 2.24) is 0 Å². The van der Waals surface area contributed by atoms with Crippen molar-refractivity contribution in [2.45, 2.75) is 23.9 Å². The highest BCUT2D eigenvalue weighted by atomic mass is 19.4. The third-order valence-electron chi connectivity index (χ3n) is 2.83. The average Bonchev–Trinajstić information content (AvgIpc) is 2.48. The molecule has 14 heteroatoms. The lowest BCUT2D eigenvalue weighted by molar-refractivity contribution is -0.392. The van der Waals surface area contributed by atoms with Gasteiger partial charge in [-0.05, 0) is 12.1 Å². The van der Waals surface area contributed by atoms with Gasteiger partial charge in [0.2, 0.25) is 5.83 Å². The molecule has 0 amide bonds. The van der Waals surface area contributed by atoms with Crippen molar-refractivity contribution in [1.29, 1.82) is 0 Å². The molecule has 0 radical (unpaired) electrons. The quantitative estimate of drug-likeness (QED) is 0.421. The van der Waals surface area contributed by atoms with Crippen LogP contribution in [0.5, 0.6) is 5.75 Å². The van der Waals surface area contributed by atoms with Gasteiger partial charge >= 0.3 is 30.0 Å². The first kappa shape index (κ1) is 21.6. The summed E-state index contributed by atoms with van der Waals surface area (Å²) < 4.78 is 144. The van der Waals surface area contributed by atoms with Gasteiger partial charge in [-0.2, -0.15) is 48.3 Å². The molecule has 0 spiro atoms. The van der Waals surface area contributed by atoms with E-state index in [0.29, 0.717) is 6.07 Å². The van der Waals surface area contributed by atoms with Crippen LogP contribution < -0.4 is 16.2 Å². The fourth-order valence-corrected chi connectivity index (χ4v) is 1.42. The Hall–Kier alpha value is -2.41. The first-order valence-corrected chi connectivity index (χ1v) is 6.05. The van der Waals surface area contributed by atoms with E-state index in [1.807, 2.05) is 0 Å². The summed E-state index contributed by atoms with van der Waals surface area (Å²) in [5, 5.41) is 0. The van der Waals surface area contributed by atoms with E-state index in [4.69, 9.17) is 11.5 Å². The van der Waals surface area contributed by atoms with E-state index in [1.54, 1.807) is 0 Å². The highest BCUT2D eigenvalue weighted by Gasteiger charge is 2.83. The molecule has 0 aliphatic rings. The Bertz CT molecular complexity index is 712. The minimum atomic E-state index is -7.39. The molecule has 26 heavy (non-hydrogen) atoms. The van der Waals surface area contributed by atoms with E-state index >= 15 is 0 Å². The maximum Gasteiger partial charge on any atom is 0.460 e. The van der Waals surface area contributed by atoms with Gasteiger partial charge in [-0.3, -0.25) is 0 Å². The van der Waals surface area contributed by atoms with Crippen molar-refractivity contribution in [2.75, 3.05) is 11.5 Å². The molecule has 0 saturated heterocycles. The molecule has 1 aromatic carbocycles. The first-order chi connectivity index (χ1) is 11.5. The van der Waals surface area contributed by atoms with Gasteiger partial charge in [-0.1, -0.05) is 0 Å². The molecule has 0 atom stereocenters. The van der Waals surface area contributed by atoms with Crippen LogP contribution in [0.25, 0.3) is 0 Å². The summed E-state index contributed by atoms with van der Waals surface area (Å²) >= 11 is 0. The van der Waals surface area contributed by atoms with Crippen LogP contribution in [-0.4, -0.2) is 23.9 Å². The summed E-state index contributed by atoms with van der Waals surface area (Å²) in [6, 6.07) is -0.638. The zero-order valence-electron chi connectivity index (χ0n) is 12.0. The van der Waals surface area contributed by atoms with Gasteiger partial charge < -0.3 is 16.2 Å². The zero-order valence-corrected chi connectivity index (χ0v) is 12.0. The lowest BCUT2D eigenvalue weighted by Gasteiger charge is -2.32. The van der Waals surface area contributed by atoms with E-state index in [1.165, 1.54) is 0 Å². The smallest absolute Gasteiger partial charge is 0.427 e. The van der Waals surface area contributed by atoms with Crippen LogP contribution in [0.15, 0.2) is 30.0 Å². The number of benzene rings is 1. The molecule has 0 bridgehead atoms. The number of halogens is 11. The number of hydrogen-bond acceptors (Lipinski definition) is 3. The lowest BCUT2D eigenvalue weighted by Crippen LogP contribution is -2.61. The number of nitrogens with two attached hydrogens (primary N) is 2. The number of allylic oxidation sites excluding steroid dienone is 1. The summed E-state index contributed by atoms with van der Waals surface area (Å²) in [4.78, 5) is 0. The van der Waals surface area contributed by atoms with Crippen molar-refractivity contribution in [3.63, 3.8) is 0 Å². The molecule has 0 aromatic heterocycles. The Labute approximate surface area is 137 Å². The third-order valence-corrected chi connectivity index (χ3v) is 2.83. The van der Waals surface area contributed by atoms with Crippen LogP contribution in [0.3, 0.4) is 0 Å². The van der Waals surface area contributed by atoms with Crippen LogP contribution in [0.1, 0.15) is 0 Å². The van der Waals surface area contributed by atoms with Crippen LogP contribution in [0.2, 0.25) is 0 Å². The Morgan fingerprint density at radius 2 is 1.31 bits per heavy atom. The summed E-state index contributed by atoms with van der Waals surface area (Å²) in [7, 11) is 0. The van der Waals surface area contributed by atoms with Crippen LogP contribution in [0, 0.1) is 0 Å². The predicted octanol–water partition coefficient (Wildman–Crippen LogP) is 4.81. The van der Waals surface area contributed by atoms with Gasteiger partial charge in [0.25, 0.3) is 0 Å². The second-order valence-corrected chi connectivity index (χ2v) is 4.71. The molecule has 3 nitrogen and oxygen atoms in total. The zero-order chi connectivity index (χ0) is 20.7. The van der Waals surface area contributed by atoms with Crippen molar-refractivity contribution < 1.29 is 53.0 Å². The topological polar surface area (TPSA) is 61.3 Å². The summed E-state index contributed by atoms with van der Waals surface area (Å²) in [5.41, 5.74) is 9.52. The molecule has 0 saturated carbocycles. The largest absolute Gasteiger partial charge is 0.460 e. The fraction of sp³-hybridized carbons (Fsp3) is 0.333. The number of rotatable bonds is 5. The molecule has 0 unspecified atom stereocenters. The summed E-state index contributed by atoms with van der Waals surface area (Å²) in [6.07, 6.45) is -7.18. The Morgan fingerprint density at radius 1 is 0.808 bits per heavy atom. The molecule has 148 valence electrons. The van der Waals surface area contributed by atoms with E-state index in [2.05, 4.69) is 4.74 Å². The molecule has 0 heterocycles. The SMILES string of the molecule is Nc1ccc(N)c(OC(F)=C(F)C(F)(F)C(F)(F)C(F)(F)C(F)(F)F)c1. The van der Waals surface area contributed by atoms with Crippen molar-refractivity contribution >= 4 is 11.4 Å². The second-order valence-electron chi connectivity index (χ2n) is 4.71. The summed E-state index contributed by atoms with van der Waals surface area (Å²) in [6.45, 7) is 0. The highest BCUT2D eigenvalue weighted by Crippen LogP contribution is 2.55. The van der Waals surface area contributed by atoms with E-state index in [-0.39, 0.29) is 5.69 Å². The Morgan fingerprint density at radius 3 is 1.77 bits per heavy atom. The Kier molecular flexibility index (Phi) is 5.32. The van der Waals surface area contributed by atoms with Gasteiger partial charge in [0, 0.05) is 11.8 Å². The Balaban J connectivity index is 3.36. The molecule has 4 N–H and O–H groups in total. The van der Waals surface area contributed by atoms with Gasteiger partial charge in [0.15, 0.2) is 5.75 Å². The number of alkyl halides is 9.